The van der Waals surface area contributed by atoms with Crippen LogP contribution in [0, 0.1) is 5.41 Å². The van der Waals surface area contributed by atoms with Crippen molar-refractivity contribution in [2.24, 2.45) is 10.6 Å². The summed E-state index contributed by atoms with van der Waals surface area (Å²) in [5.74, 6) is 0. The molecule has 2 heteroatoms. The monoisotopic (exact) mass is 115 g/mol. The third kappa shape index (κ3) is 0.441. The van der Waals surface area contributed by atoms with Gasteiger partial charge in [-0.2, -0.15) is 0 Å². The lowest BCUT2D eigenvalue weighted by molar-refractivity contribution is 0.904. The highest BCUT2D eigenvalue weighted by Crippen LogP contribution is 2.69. The SMILES string of the molecule is NSC1CC12CC2. The van der Waals surface area contributed by atoms with Gasteiger partial charge in [0.15, 0.2) is 0 Å². The summed E-state index contributed by atoms with van der Waals surface area (Å²) in [4.78, 5) is 0. The van der Waals surface area contributed by atoms with E-state index in [2.05, 4.69) is 0 Å². The molecule has 40 valence electrons. The van der Waals surface area contributed by atoms with Crippen molar-refractivity contribution in [1.29, 1.82) is 0 Å². The molecular weight excluding hydrogens is 106 g/mol. The normalized spacial score (nSPS) is 41.6. The molecule has 0 radical (unpaired) electrons. The van der Waals surface area contributed by atoms with Crippen LogP contribution in [0.15, 0.2) is 0 Å². The number of nitrogens with two attached hydrogens (primary N) is 1. The highest BCUT2D eigenvalue weighted by atomic mass is 32.2. The molecule has 2 saturated carbocycles. The Morgan fingerprint density at radius 2 is 2.29 bits per heavy atom. The van der Waals surface area contributed by atoms with E-state index in [1.807, 2.05) is 0 Å². The quantitative estimate of drug-likeness (QED) is 0.519. The number of hydrogen-bond donors (Lipinski definition) is 1. The van der Waals surface area contributed by atoms with Gasteiger partial charge >= 0.3 is 0 Å². The first-order valence-corrected chi connectivity index (χ1v) is 3.67. The molecule has 0 aliphatic heterocycles. The summed E-state index contributed by atoms with van der Waals surface area (Å²) in [7, 11) is 0. The third-order valence-corrected chi connectivity index (χ3v) is 3.17. The van der Waals surface area contributed by atoms with Crippen molar-refractivity contribution in [1.82, 2.24) is 0 Å². The Morgan fingerprint density at radius 1 is 1.57 bits per heavy atom. The van der Waals surface area contributed by atoms with E-state index in [4.69, 9.17) is 5.14 Å². The fourth-order valence-electron chi connectivity index (χ4n) is 1.19. The average Bonchev–Trinajstić information content (AvgIpc) is 2.52. The van der Waals surface area contributed by atoms with Gasteiger partial charge < -0.3 is 0 Å². The maximum atomic E-state index is 5.37. The van der Waals surface area contributed by atoms with E-state index in [-0.39, 0.29) is 0 Å². The zero-order valence-electron chi connectivity index (χ0n) is 4.18. The molecule has 2 rings (SSSR count). The van der Waals surface area contributed by atoms with E-state index in [1.54, 1.807) is 11.9 Å². The van der Waals surface area contributed by atoms with Gasteiger partial charge in [-0.25, -0.2) is 0 Å². The van der Waals surface area contributed by atoms with E-state index in [0.717, 1.165) is 10.7 Å². The van der Waals surface area contributed by atoms with Crippen molar-refractivity contribution < 1.29 is 0 Å². The van der Waals surface area contributed by atoms with Crippen LogP contribution in [0.4, 0.5) is 0 Å². The predicted octanol–water partition coefficient (Wildman–Crippen LogP) is 1.15. The molecule has 2 fully saturated rings. The molecular formula is C5H9NS. The molecule has 1 unspecified atom stereocenters. The summed E-state index contributed by atoms with van der Waals surface area (Å²) < 4.78 is 0. The van der Waals surface area contributed by atoms with Crippen LogP contribution in [0.2, 0.25) is 0 Å². The molecule has 0 bridgehead atoms. The van der Waals surface area contributed by atoms with E-state index in [9.17, 15) is 0 Å². The van der Waals surface area contributed by atoms with Crippen molar-refractivity contribution >= 4 is 11.9 Å². The van der Waals surface area contributed by atoms with Crippen LogP contribution in [0.1, 0.15) is 19.3 Å². The Morgan fingerprint density at radius 3 is 2.43 bits per heavy atom. The van der Waals surface area contributed by atoms with Gasteiger partial charge in [-0.05, 0) is 24.7 Å². The summed E-state index contributed by atoms with van der Waals surface area (Å²) in [6, 6.07) is 0. The first-order valence-electron chi connectivity index (χ1n) is 2.73. The van der Waals surface area contributed by atoms with Crippen molar-refractivity contribution in [3.63, 3.8) is 0 Å². The molecule has 0 saturated heterocycles. The minimum Gasteiger partial charge on any atom is -0.278 e. The molecule has 0 aromatic carbocycles. The summed E-state index contributed by atoms with van der Waals surface area (Å²) >= 11 is 1.56. The van der Waals surface area contributed by atoms with E-state index >= 15 is 0 Å². The van der Waals surface area contributed by atoms with Gasteiger partial charge in [0.2, 0.25) is 0 Å². The molecule has 1 nitrogen and oxygen atoms in total. The molecule has 0 aromatic rings. The number of rotatable bonds is 1. The average molecular weight is 115 g/mol. The molecule has 1 atom stereocenters. The molecule has 2 aliphatic carbocycles. The Balaban J connectivity index is 1.97. The first kappa shape index (κ1) is 4.21. The molecule has 0 aromatic heterocycles. The predicted molar refractivity (Wildman–Crippen MR) is 31.9 cm³/mol. The summed E-state index contributed by atoms with van der Waals surface area (Å²) in [5, 5.41) is 6.22. The lowest BCUT2D eigenvalue weighted by Gasteiger charge is -1.82. The van der Waals surface area contributed by atoms with Crippen molar-refractivity contribution in [2.75, 3.05) is 0 Å². The first-order chi connectivity index (χ1) is 3.37. The smallest absolute Gasteiger partial charge is 0.0253 e. The zero-order chi connectivity index (χ0) is 4.91. The van der Waals surface area contributed by atoms with Gasteiger partial charge in [0.1, 0.15) is 0 Å². The molecule has 0 heterocycles. The minimum absolute atomic E-state index is 0.805. The van der Waals surface area contributed by atoms with E-state index in [0.29, 0.717) is 0 Å². The summed E-state index contributed by atoms with van der Waals surface area (Å²) in [6.45, 7) is 0. The van der Waals surface area contributed by atoms with Crippen molar-refractivity contribution in [3.05, 3.63) is 0 Å². The fraction of sp³-hybridized carbons (Fsp3) is 1.00. The Hall–Kier alpha value is 0.310. The van der Waals surface area contributed by atoms with Crippen molar-refractivity contribution in [2.45, 2.75) is 24.5 Å². The van der Waals surface area contributed by atoms with Crippen LogP contribution in [-0.2, 0) is 0 Å². The maximum absolute atomic E-state index is 5.37. The molecule has 2 N–H and O–H groups in total. The summed E-state index contributed by atoms with van der Waals surface area (Å²) in [6.07, 6.45) is 4.33. The van der Waals surface area contributed by atoms with Gasteiger partial charge in [-0.1, -0.05) is 11.9 Å². The Kier molecular flexibility index (Phi) is 0.605. The van der Waals surface area contributed by atoms with Crippen LogP contribution < -0.4 is 5.14 Å². The topological polar surface area (TPSA) is 26.0 Å². The second-order valence-electron chi connectivity index (χ2n) is 2.69. The standard InChI is InChI=1S/C5H9NS/c6-7-4-3-5(4)1-2-5/h4H,1-3,6H2. The zero-order valence-corrected chi connectivity index (χ0v) is 5.00. The Bertz CT molecular complexity index is 98.3. The second kappa shape index (κ2) is 1.00. The van der Waals surface area contributed by atoms with Crippen LogP contribution >= 0.6 is 11.9 Å². The third-order valence-electron chi connectivity index (χ3n) is 2.17. The summed E-state index contributed by atoms with van der Waals surface area (Å²) in [5.41, 5.74) is 0.805. The molecule has 2 aliphatic rings. The van der Waals surface area contributed by atoms with Gasteiger partial charge in [0.25, 0.3) is 0 Å². The fourth-order valence-corrected chi connectivity index (χ4v) is 2.14. The van der Waals surface area contributed by atoms with Crippen molar-refractivity contribution in [3.8, 4) is 0 Å². The molecule has 7 heavy (non-hydrogen) atoms. The van der Waals surface area contributed by atoms with E-state index < -0.39 is 0 Å². The highest BCUT2D eigenvalue weighted by Gasteiger charge is 2.62. The molecule has 1 spiro atoms. The van der Waals surface area contributed by atoms with Crippen LogP contribution in [0.5, 0.6) is 0 Å². The van der Waals surface area contributed by atoms with Gasteiger partial charge in [0.05, 0.1) is 0 Å². The van der Waals surface area contributed by atoms with Gasteiger partial charge in [0, 0.05) is 5.25 Å². The number of hydrogen-bond acceptors (Lipinski definition) is 2. The molecule has 0 amide bonds. The Labute approximate surface area is 47.8 Å². The lowest BCUT2D eigenvalue weighted by atomic mass is 10.4. The maximum Gasteiger partial charge on any atom is 0.0253 e. The van der Waals surface area contributed by atoms with Crippen LogP contribution in [0.25, 0.3) is 0 Å². The van der Waals surface area contributed by atoms with Crippen LogP contribution in [0.3, 0.4) is 0 Å². The second-order valence-corrected chi connectivity index (χ2v) is 3.53. The highest BCUT2D eigenvalue weighted by molar-refractivity contribution is 7.98. The van der Waals surface area contributed by atoms with Gasteiger partial charge in [-0.15, -0.1) is 0 Å². The lowest BCUT2D eigenvalue weighted by Crippen LogP contribution is -1.85. The van der Waals surface area contributed by atoms with Gasteiger partial charge in [-0.3, -0.25) is 5.14 Å². The van der Waals surface area contributed by atoms with E-state index in [1.165, 1.54) is 19.3 Å². The minimum atomic E-state index is 0.805. The van der Waals surface area contributed by atoms with Crippen LogP contribution in [-0.4, -0.2) is 5.25 Å². The largest absolute Gasteiger partial charge is 0.278 e.